The van der Waals surface area contributed by atoms with Crippen LogP contribution in [0.15, 0.2) is 29.0 Å². The molecule has 0 unspecified atom stereocenters. The highest BCUT2D eigenvalue weighted by Gasteiger charge is 2.21. The summed E-state index contributed by atoms with van der Waals surface area (Å²) < 4.78 is 5.45. The molecule has 1 fully saturated rings. The number of thiazole rings is 1. The maximum Gasteiger partial charge on any atom is 0.278 e. The molecule has 28 heavy (non-hydrogen) atoms. The van der Waals surface area contributed by atoms with Crippen molar-refractivity contribution in [3.05, 3.63) is 41.0 Å². The van der Waals surface area contributed by atoms with Crippen LogP contribution in [0.1, 0.15) is 38.8 Å². The van der Waals surface area contributed by atoms with Crippen LogP contribution in [0.3, 0.4) is 0 Å². The Labute approximate surface area is 164 Å². The molecule has 0 radical (unpaired) electrons. The summed E-state index contributed by atoms with van der Waals surface area (Å²) in [7, 11) is 0. The molecule has 1 aliphatic carbocycles. The van der Waals surface area contributed by atoms with Gasteiger partial charge in [-0.15, -0.1) is 11.3 Å². The molecule has 0 aromatic carbocycles. The first-order valence-electron chi connectivity index (χ1n) is 8.74. The molecule has 1 aliphatic rings. The molecule has 0 saturated heterocycles. The van der Waals surface area contributed by atoms with Crippen LogP contribution in [0.2, 0.25) is 0 Å². The van der Waals surface area contributed by atoms with Crippen molar-refractivity contribution in [3.63, 3.8) is 0 Å². The number of primary amides is 1. The number of carbonyl (C=O) groups excluding carboxylic acids is 2. The lowest BCUT2D eigenvalue weighted by Gasteiger charge is -2.04. The van der Waals surface area contributed by atoms with E-state index in [9.17, 15) is 9.59 Å². The van der Waals surface area contributed by atoms with Crippen LogP contribution >= 0.6 is 11.3 Å². The molecule has 9 nitrogen and oxygen atoms in total. The van der Waals surface area contributed by atoms with Crippen LogP contribution in [0.5, 0.6) is 0 Å². The second-order valence-electron chi connectivity index (χ2n) is 6.52. The van der Waals surface area contributed by atoms with Crippen LogP contribution in [0, 0.1) is 12.8 Å². The van der Waals surface area contributed by atoms with Crippen molar-refractivity contribution < 1.29 is 14.0 Å². The van der Waals surface area contributed by atoms with E-state index in [1.54, 1.807) is 19.2 Å². The second-order valence-corrected chi connectivity index (χ2v) is 7.72. The van der Waals surface area contributed by atoms with E-state index in [0.717, 1.165) is 29.6 Å². The fourth-order valence-corrected chi connectivity index (χ4v) is 3.41. The molecule has 0 atom stereocenters. The van der Waals surface area contributed by atoms with Gasteiger partial charge in [0.2, 0.25) is 5.89 Å². The van der Waals surface area contributed by atoms with Crippen LogP contribution in [0.25, 0.3) is 11.5 Å². The van der Waals surface area contributed by atoms with Gasteiger partial charge >= 0.3 is 0 Å². The van der Waals surface area contributed by atoms with Gasteiger partial charge in [0.25, 0.3) is 11.8 Å². The van der Waals surface area contributed by atoms with Gasteiger partial charge in [-0.05, 0) is 37.8 Å². The molecule has 0 spiro atoms. The smallest absolute Gasteiger partial charge is 0.278 e. The van der Waals surface area contributed by atoms with Gasteiger partial charge in [-0.1, -0.05) is 0 Å². The minimum absolute atomic E-state index is 0.0279. The number of aromatic nitrogens is 3. The zero-order valence-electron chi connectivity index (χ0n) is 15.1. The van der Waals surface area contributed by atoms with E-state index in [1.807, 2.05) is 6.07 Å². The fraction of sp³-hybridized carbons (Fsp3) is 0.278. The first-order chi connectivity index (χ1) is 13.5. The number of hydrogen-bond donors (Lipinski definition) is 3. The van der Waals surface area contributed by atoms with Crippen molar-refractivity contribution in [2.24, 2.45) is 11.7 Å². The third-order valence-corrected chi connectivity index (χ3v) is 5.09. The molecular weight excluding hydrogens is 380 g/mol. The molecule has 4 N–H and O–H groups in total. The zero-order valence-corrected chi connectivity index (χ0v) is 15.9. The molecule has 0 aliphatic heterocycles. The average Bonchev–Trinajstić information content (AvgIpc) is 3.23. The second kappa shape index (κ2) is 7.39. The monoisotopic (exact) mass is 398 g/mol. The summed E-state index contributed by atoms with van der Waals surface area (Å²) >= 11 is 1.16. The molecular formula is C18H18N6O3S. The van der Waals surface area contributed by atoms with E-state index >= 15 is 0 Å². The number of carbonyl (C=O) groups is 2. The number of nitrogens with one attached hydrogen (secondary N) is 2. The highest BCUT2D eigenvalue weighted by Crippen LogP contribution is 2.29. The van der Waals surface area contributed by atoms with Gasteiger partial charge in [-0.3, -0.25) is 9.59 Å². The topological polar surface area (TPSA) is 136 Å². The number of amides is 2. The molecule has 4 rings (SSSR count). The average molecular weight is 398 g/mol. The Morgan fingerprint density at radius 2 is 2.18 bits per heavy atom. The van der Waals surface area contributed by atoms with Gasteiger partial charge in [-0.2, -0.15) is 0 Å². The zero-order chi connectivity index (χ0) is 19.7. The Bertz CT molecular complexity index is 1040. The normalized spacial score (nSPS) is 13.3. The SMILES string of the molecule is Cc1nc(C(N)=O)c(NC(=O)c2coc(-c3ccnc(NCC4CC4)c3)n2)s1. The molecule has 3 aromatic heterocycles. The lowest BCUT2D eigenvalue weighted by Crippen LogP contribution is -2.17. The molecule has 2 amide bonds. The maximum atomic E-state index is 12.5. The molecule has 10 heteroatoms. The van der Waals surface area contributed by atoms with E-state index in [-0.39, 0.29) is 16.4 Å². The maximum absolute atomic E-state index is 12.5. The highest BCUT2D eigenvalue weighted by molar-refractivity contribution is 7.16. The Morgan fingerprint density at radius 3 is 2.93 bits per heavy atom. The number of nitrogens with two attached hydrogens (primary N) is 1. The van der Waals surface area contributed by atoms with Gasteiger partial charge in [-0.25, -0.2) is 15.0 Å². The number of oxazole rings is 1. The summed E-state index contributed by atoms with van der Waals surface area (Å²) in [6, 6.07) is 3.58. The number of hydrogen-bond acceptors (Lipinski definition) is 8. The minimum atomic E-state index is -0.705. The van der Waals surface area contributed by atoms with Crippen molar-refractivity contribution in [3.8, 4) is 11.5 Å². The van der Waals surface area contributed by atoms with E-state index in [4.69, 9.17) is 10.2 Å². The van der Waals surface area contributed by atoms with Crippen molar-refractivity contribution in [2.45, 2.75) is 19.8 Å². The molecule has 144 valence electrons. The quantitative estimate of drug-likeness (QED) is 0.556. The third-order valence-electron chi connectivity index (χ3n) is 4.21. The number of anilines is 2. The lowest BCUT2D eigenvalue weighted by molar-refractivity contribution is 0.0997. The molecule has 3 heterocycles. The van der Waals surface area contributed by atoms with Gasteiger partial charge in [0.05, 0.1) is 5.01 Å². The largest absolute Gasteiger partial charge is 0.444 e. The lowest BCUT2D eigenvalue weighted by atomic mass is 10.2. The predicted molar refractivity (Wildman–Crippen MR) is 104 cm³/mol. The number of aryl methyl sites for hydroxylation is 1. The van der Waals surface area contributed by atoms with E-state index in [2.05, 4.69) is 25.6 Å². The van der Waals surface area contributed by atoms with Gasteiger partial charge in [0, 0.05) is 18.3 Å². The summed E-state index contributed by atoms with van der Waals surface area (Å²) in [5.41, 5.74) is 6.11. The number of rotatable bonds is 7. The summed E-state index contributed by atoms with van der Waals surface area (Å²) in [5, 5.41) is 6.81. The predicted octanol–water partition coefficient (Wildman–Crippen LogP) is 2.67. The summed E-state index contributed by atoms with van der Waals surface area (Å²) in [6.07, 6.45) is 5.43. The van der Waals surface area contributed by atoms with Gasteiger partial charge < -0.3 is 20.8 Å². The van der Waals surface area contributed by atoms with E-state index < -0.39 is 11.8 Å². The molecule has 3 aromatic rings. The first-order valence-corrected chi connectivity index (χ1v) is 9.55. The van der Waals surface area contributed by atoms with Crippen molar-refractivity contribution in [2.75, 3.05) is 17.2 Å². The summed E-state index contributed by atoms with van der Waals surface area (Å²) in [5.74, 6) is 0.548. The summed E-state index contributed by atoms with van der Waals surface area (Å²) in [6.45, 7) is 2.62. The van der Waals surface area contributed by atoms with Gasteiger partial charge in [0.1, 0.15) is 17.1 Å². The fourth-order valence-electron chi connectivity index (χ4n) is 2.59. The standard InChI is InChI=1S/C18H18N6O3S/c1-9-22-14(15(19)25)18(28-9)24-16(26)12-8-27-17(23-12)11-4-5-20-13(6-11)21-7-10-2-3-10/h4-6,8,10H,2-3,7H2,1H3,(H2,19,25)(H,20,21)(H,24,26). The van der Waals surface area contributed by atoms with Crippen LogP contribution in [-0.2, 0) is 0 Å². The van der Waals surface area contributed by atoms with Crippen molar-refractivity contribution in [1.82, 2.24) is 15.0 Å². The van der Waals surface area contributed by atoms with E-state index in [0.29, 0.717) is 16.5 Å². The summed E-state index contributed by atoms with van der Waals surface area (Å²) in [4.78, 5) is 36.5. The van der Waals surface area contributed by atoms with Crippen molar-refractivity contribution in [1.29, 1.82) is 0 Å². The minimum Gasteiger partial charge on any atom is -0.444 e. The Balaban J connectivity index is 1.48. The van der Waals surface area contributed by atoms with Gasteiger partial charge in [0.15, 0.2) is 11.4 Å². The third kappa shape index (κ3) is 4.01. The van der Waals surface area contributed by atoms with E-state index in [1.165, 1.54) is 19.1 Å². The number of nitrogens with zero attached hydrogens (tertiary/aromatic N) is 3. The van der Waals surface area contributed by atoms with Crippen LogP contribution < -0.4 is 16.4 Å². The van der Waals surface area contributed by atoms with Crippen LogP contribution in [-0.4, -0.2) is 33.3 Å². The molecule has 0 bridgehead atoms. The Kier molecular flexibility index (Phi) is 4.78. The van der Waals surface area contributed by atoms with Crippen LogP contribution in [0.4, 0.5) is 10.8 Å². The number of pyridine rings is 1. The van der Waals surface area contributed by atoms with Crippen molar-refractivity contribution >= 4 is 34.0 Å². The Hall–Kier alpha value is -3.27. The molecule has 1 saturated carbocycles. The highest BCUT2D eigenvalue weighted by atomic mass is 32.1. The Morgan fingerprint density at radius 1 is 1.36 bits per heavy atom. The first kappa shape index (κ1) is 18.1.